The van der Waals surface area contributed by atoms with Gasteiger partial charge in [0, 0.05) is 13.1 Å². The zero-order valence-electron chi connectivity index (χ0n) is 12.4. The number of hydrogen-bond acceptors (Lipinski definition) is 3. The molecule has 0 saturated heterocycles. The first-order valence-corrected chi connectivity index (χ1v) is 7.36. The Morgan fingerprint density at radius 3 is 2.60 bits per heavy atom. The van der Waals surface area contributed by atoms with Crippen molar-refractivity contribution < 1.29 is 19.8 Å². The number of carbonyl (C=O) groups is 2. The van der Waals surface area contributed by atoms with Gasteiger partial charge in [-0.25, -0.2) is 9.59 Å². The van der Waals surface area contributed by atoms with Gasteiger partial charge >= 0.3 is 12.0 Å². The third-order valence-electron chi connectivity index (χ3n) is 3.90. The summed E-state index contributed by atoms with van der Waals surface area (Å²) < 4.78 is 0. The van der Waals surface area contributed by atoms with Gasteiger partial charge in [0.15, 0.2) is 0 Å². The van der Waals surface area contributed by atoms with Gasteiger partial charge in [-0.2, -0.15) is 0 Å². The predicted molar refractivity (Wildman–Crippen MR) is 75.5 cm³/mol. The van der Waals surface area contributed by atoms with E-state index >= 15 is 0 Å². The van der Waals surface area contributed by atoms with Crippen molar-refractivity contribution in [3.63, 3.8) is 0 Å². The van der Waals surface area contributed by atoms with Crippen molar-refractivity contribution in [2.45, 2.75) is 51.5 Å². The van der Waals surface area contributed by atoms with E-state index in [2.05, 4.69) is 5.32 Å². The Hall–Kier alpha value is -1.30. The highest BCUT2D eigenvalue weighted by atomic mass is 16.4. The summed E-state index contributed by atoms with van der Waals surface area (Å²) in [5.41, 5.74) is -1.16. The molecule has 0 heterocycles. The van der Waals surface area contributed by atoms with Gasteiger partial charge in [0.1, 0.15) is 5.54 Å². The fourth-order valence-corrected chi connectivity index (χ4v) is 2.90. The molecule has 0 spiro atoms. The van der Waals surface area contributed by atoms with E-state index in [0.717, 1.165) is 19.3 Å². The second-order valence-electron chi connectivity index (χ2n) is 5.73. The molecule has 0 bridgehead atoms. The second kappa shape index (κ2) is 7.47. The number of carboxylic acid groups (broad SMARTS) is 1. The van der Waals surface area contributed by atoms with Gasteiger partial charge < -0.3 is 20.4 Å². The third-order valence-corrected chi connectivity index (χ3v) is 3.90. The highest BCUT2D eigenvalue weighted by Gasteiger charge is 2.43. The van der Waals surface area contributed by atoms with Crippen LogP contribution in [0, 0.1) is 5.92 Å². The van der Waals surface area contributed by atoms with Crippen LogP contribution in [0.2, 0.25) is 0 Å². The number of aliphatic hydroxyl groups is 1. The number of nitrogens with one attached hydrogen (secondary N) is 1. The summed E-state index contributed by atoms with van der Waals surface area (Å²) in [4.78, 5) is 25.3. The number of nitrogens with zero attached hydrogens (tertiary/aromatic N) is 1. The molecule has 2 atom stereocenters. The molecule has 3 N–H and O–H groups in total. The Kier molecular flexibility index (Phi) is 6.26. The summed E-state index contributed by atoms with van der Waals surface area (Å²) in [6.07, 6.45) is 3.51. The van der Waals surface area contributed by atoms with Crippen LogP contribution in [0.15, 0.2) is 0 Å². The third kappa shape index (κ3) is 4.10. The van der Waals surface area contributed by atoms with E-state index in [9.17, 15) is 14.7 Å². The highest BCUT2D eigenvalue weighted by molar-refractivity contribution is 5.86. The number of amides is 2. The van der Waals surface area contributed by atoms with E-state index in [1.807, 2.05) is 13.8 Å². The van der Waals surface area contributed by atoms with Crippen molar-refractivity contribution in [1.29, 1.82) is 0 Å². The normalized spacial score (nSPS) is 26.1. The van der Waals surface area contributed by atoms with Crippen LogP contribution < -0.4 is 5.32 Å². The van der Waals surface area contributed by atoms with Gasteiger partial charge in [-0.3, -0.25) is 0 Å². The van der Waals surface area contributed by atoms with Crippen LogP contribution in [0.4, 0.5) is 4.79 Å². The van der Waals surface area contributed by atoms with E-state index in [4.69, 9.17) is 5.11 Å². The fourth-order valence-electron chi connectivity index (χ4n) is 2.90. The maximum absolute atomic E-state index is 12.2. The van der Waals surface area contributed by atoms with Crippen LogP contribution in [-0.4, -0.2) is 52.3 Å². The molecule has 0 aromatic heterocycles. The first kappa shape index (κ1) is 16.8. The maximum atomic E-state index is 12.2. The number of carboxylic acids is 1. The van der Waals surface area contributed by atoms with Gasteiger partial charge in [-0.15, -0.1) is 0 Å². The average molecular weight is 286 g/mol. The van der Waals surface area contributed by atoms with E-state index in [-0.39, 0.29) is 19.1 Å². The van der Waals surface area contributed by atoms with Crippen molar-refractivity contribution in [1.82, 2.24) is 10.2 Å². The monoisotopic (exact) mass is 286 g/mol. The van der Waals surface area contributed by atoms with Gasteiger partial charge in [0.2, 0.25) is 0 Å². The van der Waals surface area contributed by atoms with Crippen molar-refractivity contribution in [2.24, 2.45) is 5.92 Å². The molecule has 20 heavy (non-hydrogen) atoms. The molecule has 1 fully saturated rings. The molecule has 1 rings (SSSR count). The molecule has 116 valence electrons. The Bertz CT molecular complexity index is 342. The number of aliphatic carboxylic acids is 1. The molecule has 1 saturated carbocycles. The van der Waals surface area contributed by atoms with E-state index in [1.54, 1.807) is 0 Å². The Morgan fingerprint density at radius 1 is 1.40 bits per heavy atom. The molecule has 0 aromatic rings. The standard InChI is InChI=1S/C14H26N2O4/c1-3-7-16(8-9-17)13(20)15-14(12(18)19)6-4-5-11(2)10-14/h11,17H,3-10H2,1-2H3,(H,15,20)(H,18,19). The molecule has 2 unspecified atom stereocenters. The van der Waals surface area contributed by atoms with Crippen molar-refractivity contribution in [3.05, 3.63) is 0 Å². The Labute approximate surface area is 120 Å². The predicted octanol–water partition coefficient (Wildman–Crippen LogP) is 1.43. The van der Waals surface area contributed by atoms with Crippen molar-refractivity contribution in [2.75, 3.05) is 19.7 Å². The zero-order valence-corrected chi connectivity index (χ0v) is 12.4. The lowest BCUT2D eigenvalue weighted by atomic mass is 9.76. The van der Waals surface area contributed by atoms with Crippen molar-refractivity contribution in [3.8, 4) is 0 Å². The number of urea groups is 1. The summed E-state index contributed by atoms with van der Waals surface area (Å²) in [6.45, 7) is 4.57. The molecule has 0 aliphatic heterocycles. The van der Waals surface area contributed by atoms with Gasteiger partial charge in [-0.05, 0) is 25.2 Å². The molecule has 6 nitrogen and oxygen atoms in total. The largest absolute Gasteiger partial charge is 0.480 e. The molecular weight excluding hydrogens is 260 g/mol. The zero-order chi connectivity index (χ0) is 15.2. The van der Waals surface area contributed by atoms with Crippen molar-refractivity contribution >= 4 is 12.0 Å². The minimum atomic E-state index is -1.16. The molecule has 1 aliphatic rings. The average Bonchev–Trinajstić information content (AvgIpc) is 2.38. The molecule has 0 aromatic carbocycles. The van der Waals surface area contributed by atoms with Crippen LogP contribution in [-0.2, 0) is 4.79 Å². The van der Waals surface area contributed by atoms with Crippen LogP contribution in [0.5, 0.6) is 0 Å². The summed E-state index contributed by atoms with van der Waals surface area (Å²) in [7, 11) is 0. The quantitative estimate of drug-likeness (QED) is 0.689. The van der Waals surface area contributed by atoms with Crippen LogP contribution >= 0.6 is 0 Å². The van der Waals surface area contributed by atoms with E-state index in [0.29, 0.717) is 19.4 Å². The van der Waals surface area contributed by atoms with Crippen LogP contribution in [0.25, 0.3) is 0 Å². The minimum Gasteiger partial charge on any atom is -0.480 e. The topological polar surface area (TPSA) is 89.9 Å². The molecule has 0 radical (unpaired) electrons. The number of rotatable bonds is 6. The lowest BCUT2D eigenvalue weighted by Gasteiger charge is -2.38. The van der Waals surface area contributed by atoms with Gasteiger partial charge in [0.25, 0.3) is 0 Å². The fraction of sp³-hybridized carbons (Fsp3) is 0.857. The smallest absolute Gasteiger partial charge is 0.329 e. The number of hydrogen-bond donors (Lipinski definition) is 3. The highest BCUT2D eigenvalue weighted by Crippen LogP contribution is 2.32. The number of carbonyl (C=O) groups excluding carboxylic acids is 1. The minimum absolute atomic E-state index is 0.121. The first-order chi connectivity index (χ1) is 9.45. The molecule has 1 aliphatic carbocycles. The molecular formula is C14H26N2O4. The van der Waals surface area contributed by atoms with Gasteiger partial charge in [0.05, 0.1) is 6.61 Å². The molecule has 6 heteroatoms. The lowest BCUT2D eigenvalue weighted by molar-refractivity contribution is -0.146. The second-order valence-corrected chi connectivity index (χ2v) is 5.73. The lowest BCUT2D eigenvalue weighted by Crippen LogP contribution is -2.60. The summed E-state index contributed by atoms with van der Waals surface area (Å²) >= 11 is 0. The first-order valence-electron chi connectivity index (χ1n) is 7.36. The summed E-state index contributed by atoms with van der Waals surface area (Å²) in [6, 6.07) is -0.391. The maximum Gasteiger partial charge on any atom is 0.329 e. The summed E-state index contributed by atoms with van der Waals surface area (Å²) in [5.74, 6) is -0.671. The van der Waals surface area contributed by atoms with E-state index in [1.165, 1.54) is 4.90 Å². The summed E-state index contributed by atoms with van der Waals surface area (Å²) in [5, 5.41) is 21.2. The Morgan fingerprint density at radius 2 is 2.10 bits per heavy atom. The van der Waals surface area contributed by atoms with E-state index < -0.39 is 17.5 Å². The SMILES string of the molecule is CCCN(CCO)C(=O)NC1(C(=O)O)CCCC(C)C1. The number of aliphatic hydroxyl groups excluding tert-OH is 1. The van der Waals surface area contributed by atoms with Crippen LogP contribution in [0.3, 0.4) is 0 Å². The molecule has 2 amide bonds. The van der Waals surface area contributed by atoms with Gasteiger partial charge in [-0.1, -0.05) is 26.7 Å². The van der Waals surface area contributed by atoms with Crippen LogP contribution in [0.1, 0.15) is 46.0 Å². The Balaban J connectivity index is 2.78.